The van der Waals surface area contributed by atoms with Gasteiger partial charge in [-0.3, -0.25) is 14.2 Å². The molecule has 0 radical (unpaired) electrons. The zero-order chi connectivity index (χ0) is 16.2. The summed E-state index contributed by atoms with van der Waals surface area (Å²) in [5.41, 5.74) is 0.662. The molecule has 0 fully saturated rings. The predicted molar refractivity (Wildman–Crippen MR) is 85.4 cm³/mol. The first-order valence-corrected chi connectivity index (χ1v) is 7.83. The highest BCUT2D eigenvalue weighted by molar-refractivity contribution is 7.13. The summed E-state index contributed by atoms with van der Waals surface area (Å²) in [7, 11) is 0. The number of nitrogens with one attached hydrogen (secondary N) is 1. The highest BCUT2D eigenvalue weighted by Gasteiger charge is 2.13. The van der Waals surface area contributed by atoms with E-state index in [4.69, 9.17) is 4.52 Å². The van der Waals surface area contributed by atoms with Crippen molar-refractivity contribution in [2.45, 2.75) is 13.5 Å². The Kier molecular flexibility index (Phi) is 4.33. The van der Waals surface area contributed by atoms with Crippen molar-refractivity contribution >= 4 is 17.2 Å². The van der Waals surface area contributed by atoms with Gasteiger partial charge >= 0.3 is 0 Å². The SMILES string of the molecule is Cc1cncn(CCNC(=O)c2cc(-c3cccs3)on2)c1=O. The molecule has 0 unspecified atom stereocenters. The zero-order valence-electron chi connectivity index (χ0n) is 12.4. The molecule has 0 atom stereocenters. The Morgan fingerprint density at radius 3 is 3.13 bits per heavy atom. The Labute approximate surface area is 135 Å². The lowest BCUT2D eigenvalue weighted by molar-refractivity contribution is 0.0943. The second-order valence-electron chi connectivity index (χ2n) is 4.88. The van der Waals surface area contributed by atoms with Crippen LogP contribution in [0.3, 0.4) is 0 Å². The number of hydrogen-bond acceptors (Lipinski definition) is 6. The van der Waals surface area contributed by atoms with E-state index in [1.807, 2.05) is 17.5 Å². The number of thiophene rings is 1. The Hall–Kier alpha value is -2.74. The topological polar surface area (TPSA) is 90.0 Å². The van der Waals surface area contributed by atoms with E-state index in [1.54, 1.807) is 13.0 Å². The molecule has 0 saturated heterocycles. The van der Waals surface area contributed by atoms with Crippen LogP contribution in [0.25, 0.3) is 10.6 Å². The van der Waals surface area contributed by atoms with Gasteiger partial charge in [-0.05, 0) is 18.4 Å². The molecule has 118 valence electrons. The first-order valence-electron chi connectivity index (χ1n) is 6.95. The van der Waals surface area contributed by atoms with E-state index >= 15 is 0 Å². The van der Waals surface area contributed by atoms with Crippen molar-refractivity contribution in [1.29, 1.82) is 0 Å². The van der Waals surface area contributed by atoms with Gasteiger partial charge in [0.15, 0.2) is 11.5 Å². The lowest BCUT2D eigenvalue weighted by atomic mass is 10.3. The quantitative estimate of drug-likeness (QED) is 0.769. The third kappa shape index (κ3) is 3.37. The minimum Gasteiger partial charge on any atom is -0.355 e. The van der Waals surface area contributed by atoms with Crippen LogP contribution in [0.1, 0.15) is 16.1 Å². The minimum atomic E-state index is -0.342. The Balaban J connectivity index is 1.60. The molecular formula is C15H14N4O3S. The third-order valence-electron chi connectivity index (χ3n) is 3.22. The molecule has 3 heterocycles. The molecule has 3 aromatic heterocycles. The average molecular weight is 330 g/mol. The molecule has 7 nitrogen and oxygen atoms in total. The normalized spacial score (nSPS) is 10.7. The van der Waals surface area contributed by atoms with Crippen LogP contribution in [-0.4, -0.2) is 27.2 Å². The molecule has 0 spiro atoms. The minimum absolute atomic E-state index is 0.115. The van der Waals surface area contributed by atoms with Gasteiger partial charge in [-0.25, -0.2) is 4.98 Å². The summed E-state index contributed by atoms with van der Waals surface area (Å²) in [6.45, 7) is 2.34. The molecule has 1 N–H and O–H groups in total. The fourth-order valence-corrected chi connectivity index (χ4v) is 2.69. The lowest BCUT2D eigenvalue weighted by Crippen LogP contribution is -2.31. The molecule has 0 aliphatic heterocycles. The standard InChI is InChI=1S/C15H14N4O3S/c1-10-8-16-9-19(15(10)21)5-4-17-14(20)11-7-12(22-18-11)13-3-2-6-23-13/h2-3,6-9H,4-5H2,1H3,(H,17,20). The number of carbonyl (C=O) groups excluding carboxylic acids is 1. The summed E-state index contributed by atoms with van der Waals surface area (Å²) < 4.78 is 6.62. The second-order valence-corrected chi connectivity index (χ2v) is 5.83. The van der Waals surface area contributed by atoms with Gasteiger partial charge in [0.25, 0.3) is 11.5 Å². The van der Waals surface area contributed by atoms with Crippen molar-refractivity contribution in [3.8, 4) is 10.6 Å². The highest BCUT2D eigenvalue weighted by atomic mass is 32.1. The van der Waals surface area contributed by atoms with Crippen molar-refractivity contribution in [2.75, 3.05) is 6.54 Å². The first kappa shape index (κ1) is 15.2. The van der Waals surface area contributed by atoms with Gasteiger partial charge in [0, 0.05) is 30.9 Å². The lowest BCUT2D eigenvalue weighted by Gasteiger charge is -2.06. The van der Waals surface area contributed by atoms with Crippen LogP contribution in [0.5, 0.6) is 0 Å². The van der Waals surface area contributed by atoms with Gasteiger partial charge in [-0.2, -0.15) is 0 Å². The fourth-order valence-electron chi connectivity index (χ4n) is 2.02. The zero-order valence-corrected chi connectivity index (χ0v) is 13.2. The maximum Gasteiger partial charge on any atom is 0.273 e. The van der Waals surface area contributed by atoms with Gasteiger partial charge in [-0.1, -0.05) is 11.2 Å². The highest BCUT2D eigenvalue weighted by Crippen LogP contribution is 2.24. The monoisotopic (exact) mass is 330 g/mol. The van der Waals surface area contributed by atoms with Crippen LogP contribution in [0.2, 0.25) is 0 Å². The number of rotatable bonds is 5. The van der Waals surface area contributed by atoms with Crippen LogP contribution < -0.4 is 10.9 Å². The Bertz CT molecular complexity index is 867. The van der Waals surface area contributed by atoms with E-state index in [0.717, 1.165) is 4.88 Å². The van der Waals surface area contributed by atoms with E-state index < -0.39 is 0 Å². The van der Waals surface area contributed by atoms with Crippen LogP contribution in [0.15, 0.2) is 45.4 Å². The molecule has 0 aliphatic carbocycles. The van der Waals surface area contributed by atoms with E-state index in [9.17, 15) is 9.59 Å². The van der Waals surface area contributed by atoms with E-state index in [2.05, 4.69) is 15.5 Å². The summed E-state index contributed by atoms with van der Waals surface area (Å²) in [6.07, 6.45) is 2.96. The van der Waals surface area contributed by atoms with Crippen LogP contribution >= 0.6 is 11.3 Å². The molecule has 0 bridgehead atoms. The molecule has 3 aromatic rings. The summed E-state index contributed by atoms with van der Waals surface area (Å²) >= 11 is 1.51. The summed E-state index contributed by atoms with van der Waals surface area (Å²) in [5.74, 6) is 0.217. The number of hydrogen-bond donors (Lipinski definition) is 1. The molecule has 0 saturated carbocycles. The number of aromatic nitrogens is 3. The molecule has 8 heteroatoms. The number of amides is 1. The first-order chi connectivity index (χ1) is 11.1. The van der Waals surface area contributed by atoms with Gasteiger partial charge in [-0.15, -0.1) is 11.3 Å². The summed E-state index contributed by atoms with van der Waals surface area (Å²) in [4.78, 5) is 28.7. The summed E-state index contributed by atoms with van der Waals surface area (Å²) in [6, 6.07) is 5.39. The molecule has 0 aromatic carbocycles. The van der Waals surface area contributed by atoms with Crippen molar-refractivity contribution in [1.82, 2.24) is 20.0 Å². The Morgan fingerprint density at radius 2 is 2.35 bits per heavy atom. The van der Waals surface area contributed by atoms with Gasteiger partial charge in [0.1, 0.15) is 0 Å². The second kappa shape index (κ2) is 6.57. The van der Waals surface area contributed by atoms with Crippen molar-refractivity contribution < 1.29 is 9.32 Å². The largest absolute Gasteiger partial charge is 0.355 e. The summed E-state index contributed by atoms with van der Waals surface area (Å²) in [5, 5.41) is 8.40. The maximum absolute atomic E-state index is 12.0. The smallest absolute Gasteiger partial charge is 0.273 e. The average Bonchev–Trinajstić information content (AvgIpc) is 3.21. The van der Waals surface area contributed by atoms with Gasteiger partial charge < -0.3 is 9.84 Å². The Morgan fingerprint density at radius 1 is 1.48 bits per heavy atom. The van der Waals surface area contributed by atoms with Crippen LogP contribution in [0, 0.1) is 6.92 Å². The number of nitrogens with zero attached hydrogens (tertiary/aromatic N) is 3. The van der Waals surface area contributed by atoms with E-state index in [0.29, 0.717) is 24.4 Å². The maximum atomic E-state index is 12.0. The van der Waals surface area contributed by atoms with Gasteiger partial charge in [0.2, 0.25) is 0 Å². The van der Waals surface area contributed by atoms with E-state index in [-0.39, 0.29) is 17.2 Å². The van der Waals surface area contributed by atoms with Gasteiger partial charge in [0.05, 0.1) is 11.2 Å². The third-order valence-corrected chi connectivity index (χ3v) is 4.10. The van der Waals surface area contributed by atoms with Crippen LogP contribution in [0.4, 0.5) is 0 Å². The van der Waals surface area contributed by atoms with Crippen LogP contribution in [-0.2, 0) is 6.54 Å². The fraction of sp³-hybridized carbons (Fsp3) is 0.200. The predicted octanol–water partition coefficient (Wildman–Crippen LogP) is 1.70. The van der Waals surface area contributed by atoms with E-state index in [1.165, 1.54) is 28.4 Å². The molecule has 3 rings (SSSR count). The molecule has 1 amide bonds. The number of carbonyl (C=O) groups is 1. The van der Waals surface area contributed by atoms with Crippen molar-refractivity contribution in [3.63, 3.8) is 0 Å². The molecular weight excluding hydrogens is 316 g/mol. The number of aryl methyl sites for hydroxylation is 1. The van der Waals surface area contributed by atoms with Crippen molar-refractivity contribution in [3.05, 3.63) is 57.7 Å². The molecule has 0 aliphatic rings. The van der Waals surface area contributed by atoms with Crippen molar-refractivity contribution in [2.24, 2.45) is 0 Å². The molecule has 23 heavy (non-hydrogen) atoms.